The van der Waals surface area contributed by atoms with E-state index in [9.17, 15) is 0 Å². The van der Waals surface area contributed by atoms with Crippen LogP contribution in [0, 0.1) is 0 Å². The maximum Gasteiger partial charge on any atom is 0.0492 e. The number of piperidine rings is 1. The number of nitrogens with one attached hydrogen (secondary N) is 1. The summed E-state index contributed by atoms with van der Waals surface area (Å²) in [4.78, 5) is 6.77. The third kappa shape index (κ3) is 2.43. The van der Waals surface area contributed by atoms with Gasteiger partial charge >= 0.3 is 0 Å². The molecule has 0 aliphatic carbocycles. The van der Waals surface area contributed by atoms with Crippen molar-refractivity contribution >= 4 is 0 Å². The molecule has 1 atom stereocenters. The molecule has 3 rings (SSSR count). The van der Waals surface area contributed by atoms with Crippen molar-refractivity contribution in [3.63, 3.8) is 0 Å². The van der Waals surface area contributed by atoms with E-state index in [0.29, 0.717) is 6.04 Å². The summed E-state index contributed by atoms with van der Waals surface area (Å²) in [6, 6.07) is 6.76. The Balaban J connectivity index is 1.78. The first-order chi connectivity index (χ1) is 8.93. The van der Waals surface area contributed by atoms with E-state index in [1.54, 1.807) is 0 Å². The zero-order valence-electron chi connectivity index (χ0n) is 10.4. The largest absolute Gasteiger partial charge is 0.290 e. The van der Waals surface area contributed by atoms with Crippen molar-refractivity contribution in [2.24, 2.45) is 0 Å². The van der Waals surface area contributed by atoms with Gasteiger partial charge < -0.3 is 0 Å². The molecule has 1 unspecified atom stereocenters. The molecule has 1 aliphatic heterocycles. The number of hydrogen-bond acceptors (Lipinski definition) is 3. The maximum absolute atomic E-state index is 4.24. The van der Waals surface area contributed by atoms with E-state index < -0.39 is 0 Å². The fraction of sp³-hybridized carbons (Fsp3) is 0.429. The quantitative estimate of drug-likeness (QED) is 0.899. The van der Waals surface area contributed by atoms with Crippen molar-refractivity contribution < 1.29 is 0 Å². The van der Waals surface area contributed by atoms with Gasteiger partial charge in [-0.1, -0.05) is 12.5 Å². The Hall–Kier alpha value is -1.68. The minimum absolute atomic E-state index is 0.496. The fourth-order valence-electron chi connectivity index (χ4n) is 2.72. The number of likely N-dealkylation sites (tertiary alicyclic amines) is 1. The predicted molar refractivity (Wildman–Crippen MR) is 69.8 cm³/mol. The molecule has 18 heavy (non-hydrogen) atoms. The molecule has 3 heterocycles. The zero-order valence-corrected chi connectivity index (χ0v) is 10.4. The Bertz CT molecular complexity index is 466. The van der Waals surface area contributed by atoms with Gasteiger partial charge in [-0.05, 0) is 37.1 Å². The summed E-state index contributed by atoms with van der Waals surface area (Å²) in [7, 11) is 0. The molecule has 1 fully saturated rings. The Morgan fingerprint density at radius 2 is 2.28 bits per heavy atom. The molecule has 0 saturated carbocycles. The normalized spacial score (nSPS) is 21.0. The SMILES string of the molecule is c1cncc(C2CCCCN2Cc2ccn[nH]2)c1. The van der Waals surface area contributed by atoms with E-state index >= 15 is 0 Å². The lowest BCUT2D eigenvalue weighted by Gasteiger charge is -2.35. The second-order valence-corrected chi connectivity index (χ2v) is 4.85. The lowest BCUT2D eigenvalue weighted by Crippen LogP contribution is -2.33. The molecule has 2 aromatic heterocycles. The highest BCUT2D eigenvalue weighted by molar-refractivity contribution is 5.15. The molecule has 0 amide bonds. The van der Waals surface area contributed by atoms with E-state index in [2.05, 4.69) is 32.2 Å². The van der Waals surface area contributed by atoms with Gasteiger partial charge in [-0.2, -0.15) is 5.10 Å². The summed E-state index contributed by atoms with van der Waals surface area (Å²) in [5, 5.41) is 7.07. The van der Waals surface area contributed by atoms with Crippen molar-refractivity contribution in [3.8, 4) is 0 Å². The number of nitrogens with zero attached hydrogens (tertiary/aromatic N) is 3. The lowest BCUT2D eigenvalue weighted by atomic mass is 9.96. The monoisotopic (exact) mass is 242 g/mol. The van der Waals surface area contributed by atoms with Gasteiger partial charge in [0.15, 0.2) is 0 Å². The van der Waals surface area contributed by atoms with Crippen molar-refractivity contribution in [1.29, 1.82) is 0 Å². The van der Waals surface area contributed by atoms with Crippen molar-refractivity contribution in [2.45, 2.75) is 31.8 Å². The fourth-order valence-corrected chi connectivity index (χ4v) is 2.72. The molecule has 4 heteroatoms. The van der Waals surface area contributed by atoms with Crippen molar-refractivity contribution in [3.05, 3.63) is 48.0 Å². The molecular weight excluding hydrogens is 224 g/mol. The number of H-pyrrole nitrogens is 1. The third-order valence-corrected chi connectivity index (χ3v) is 3.61. The van der Waals surface area contributed by atoms with Crippen LogP contribution >= 0.6 is 0 Å². The Labute approximate surface area is 107 Å². The smallest absolute Gasteiger partial charge is 0.0492 e. The van der Waals surface area contributed by atoms with Crippen molar-refractivity contribution in [2.75, 3.05) is 6.54 Å². The third-order valence-electron chi connectivity index (χ3n) is 3.61. The Kier molecular flexibility index (Phi) is 3.37. The van der Waals surface area contributed by atoms with E-state index in [1.807, 2.05) is 24.7 Å². The van der Waals surface area contributed by atoms with Crippen LogP contribution < -0.4 is 0 Å². The second-order valence-electron chi connectivity index (χ2n) is 4.85. The molecule has 1 saturated heterocycles. The summed E-state index contributed by atoms with van der Waals surface area (Å²) in [6.07, 6.45) is 9.46. The molecule has 1 N–H and O–H groups in total. The van der Waals surface area contributed by atoms with Gasteiger partial charge in [0.1, 0.15) is 0 Å². The summed E-state index contributed by atoms with van der Waals surface area (Å²) in [5.41, 5.74) is 2.52. The van der Waals surface area contributed by atoms with E-state index in [0.717, 1.165) is 13.1 Å². The number of aromatic nitrogens is 3. The first-order valence-electron chi connectivity index (χ1n) is 6.56. The van der Waals surface area contributed by atoms with Gasteiger partial charge in [-0.3, -0.25) is 15.0 Å². The molecule has 0 bridgehead atoms. The van der Waals surface area contributed by atoms with Crippen LogP contribution in [0.15, 0.2) is 36.8 Å². The number of hydrogen-bond donors (Lipinski definition) is 1. The van der Waals surface area contributed by atoms with Crippen LogP contribution in [-0.2, 0) is 6.54 Å². The Morgan fingerprint density at radius 1 is 1.28 bits per heavy atom. The molecule has 0 radical (unpaired) electrons. The number of aromatic amines is 1. The molecule has 2 aromatic rings. The molecule has 94 valence electrons. The maximum atomic E-state index is 4.24. The van der Waals surface area contributed by atoms with Crippen LogP contribution in [-0.4, -0.2) is 26.6 Å². The number of rotatable bonds is 3. The highest BCUT2D eigenvalue weighted by atomic mass is 15.2. The minimum Gasteiger partial charge on any atom is -0.290 e. The van der Waals surface area contributed by atoms with Gasteiger partial charge in [0.05, 0.1) is 0 Å². The summed E-state index contributed by atoms with van der Waals surface area (Å²) in [5.74, 6) is 0. The van der Waals surface area contributed by atoms with Crippen LogP contribution in [0.1, 0.15) is 36.6 Å². The van der Waals surface area contributed by atoms with Crippen molar-refractivity contribution in [1.82, 2.24) is 20.1 Å². The first-order valence-corrected chi connectivity index (χ1v) is 6.56. The number of pyridine rings is 1. The molecule has 0 spiro atoms. The molecule has 1 aliphatic rings. The van der Waals surface area contributed by atoms with E-state index in [-0.39, 0.29) is 0 Å². The van der Waals surface area contributed by atoms with Crippen LogP contribution in [0.2, 0.25) is 0 Å². The van der Waals surface area contributed by atoms with Gasteiger partial charge in [0.2, 0.25) is 0 Å². The van der Waals surface area contributed by atoms with Crippen LogP contribution in [0.3, 0.4) is 0 Å². The first kappa shape index (κ1) is 11.4. The summed E-state index contributed by atoms with van der Waals surface area (Å²) < 4.78 is 0. The van der Waals surface area contributed by atoms with Crippen LogP contribution in [0.5, 0.6) is 0 Å². The summed E-state index contributed by atoms with van der Waals surface area (Å²) in [6.45, 7) is 2.10. The highest BCUT2D eigenvalue weighted by Crippen LogP contribution is 2.31. The van der Waals surface area contributed by atoms with Gasteiger partial charge in [0, 0.05) is 36.9 Å². The van der Waals surface area contributed by atoms with Gasteiger partial charge in [-0.15, -0.1) is 0 Å². The molecule has 4 nitrogen and oxygen atoms in total. The standard InChI is InChI=1S/C14H18N4/c1-2-9-18(11-13-6-8-16-17-13)14(5-1)12-4-3-7-15-10-12/h3-4,6-8,10,14H,1-2,5,9,11H2,(H,16,17). The highest BCUT2D eigenvalue weighted by Gasteiger charge is 2.24. The minimum atomic E-state index is 0.496. The summed E-state index contributed by atoms with van der Waals surface area (Å²) >= 11 is 0. The second kappa shape index (κ2) is 5.31. The average molecular weight is 242 g/mol. The van der Waals surface area contributed by atoms with Crippen LogP contribution in [0.25, 0.3) is 0 Å². The van der Waals surface area contributed by atoms with E-state index in [1.165, 1.54) is 30.5 Å². The topological polar surface area (TPSA) is 44.8 Å². The average Bonchev–Trinajstić information content (AvgIpc) is 2.93. The van der Waals surface area contributed by atoms with Crippen LogP contribution in [0.4, 0.5) is 0 Å². The predicted octanol–water partition coefficient (Wildman–Crippen LogP) is 2.53. The lowest BCUT2D eigenvalue weighted by molar-refractivity contribution is 0.138. The van der Waals surface area contributed by atoms with Gasteiger partial charge in [-0.25, -0.2) is 0 Å². The van der Waals surface area contributed by atoms with E-state index in [4.69, 9.17) is 0 Å². The van der Waals surface area contributed by atoms with Gasteiger partial charge in [0.25, 0.3) is 0 Å². The zero-order chi connectivity index (χ0) is 12.2. The Morgan fingerprint density at radius 3 is 3.06 bits per heavy atom. The molecule has 0 aromatic carbocycles. The molecular formula is C14H18N4.